The van der Waals surface area contributed by atoms with Crippen molar-refractivity contribution in [2.75, 3.05) is 25.0 Å². The molecule has 0 aliphatic rings. The van der Waals surface area contributed by atoms with E-state index in [-0.39, 0.29) is 51.4 Å². The lowest BCUT2D eigenvalue weighted by Gasteiger charge is -2.17. The molecule has 0 aliphatic heterocycles. The summed E-state index contributed by atoms with van der Waals surface area (Å²) in [6, 6.07) is 3.78. The number of amides is 1. The fourth-order valence-electron chi connectivity index (χ4n) is 2.55. The first-order valence-electron chi connectivity index (χ1n) is 8.77. The molecular weight excluding hydrogens is 521 g/mol. The summed E-state index contributed by atoms with van der Waals surface area (Å²) in [5.74, 6) is -1.54. The minimum absolute atomic E-state index is 0.00184. The molecule has 0 spiro atoms. The second-order valence-electron chi connectivity index (χ2n) is 5.94. The highest BCUT2D eigenvalue weighted by atomic mass is 79.9. The normalized spacial score (nSPS) is 11.5. The zero-order chi connectivity index (χ0) is 23.5. The molecule has 3 N–H and O–H groups in total. The minimum Gasteiger partial charge on any atom is -0.464 e. The molecule has 0 aliphatic carbocycles. The van der Waals surface area contributed by atoms with E-state index in [1.165, 1.54) is 19.1 Å². The van der Waals surface area contributed by atoms with Crippen LogP contribution in [0.3, 0.4) is 0 Å². The molecule has 0 saturated carbocycles. The van der Waals surface area contributed by atoms with Gasteiger partial charge in [-0.05, 0) is 51.4 Å². The van der Waals surface area contributed by atoms with E-state index in [1.54, 1.807) is 0 Å². The molecule has 0 atom stereocenters. The summed E-state index contributed by atoms with van der Waals surface area (Å²) in [4.78, 5) is 23.1. The Morgan fingerprint density at radius 2 is 2.06 bits per heavy atom. The lowest BCUT2D eigenvalue weighted by molar-refractivity contribution is 0.173. The number of benzene rings is 1. The molecule has 172 valence electrons. The van der Waals surface area contributed by atoms with Gasteiger partial charge in [-0.1, -0.05) is 5.16 Å². The fourth-order valence-corrected chi connectivity index (χ4v) is 3.98. The standard InChI is InChI=1S/C15H15BrFN7O7S/c1-2-23(14(25)26)32(28,29)19-6-5-18-12-11(20-31-21-12)13-22-30-15(27)24(13)8-3-4-10(17)9(16)7-8/h3-4,7,19H,2,5-6H2,1H3,(H,18,21)(H,25,26). The number of hydrogen-bond donors (Lipinski definition) is 3. The summed E-state index contributed by atoms with van der Waals surface area (Å²) in [7, 11) is -4.25. The van der Waals surface area contributed by atoms with Gasteiger partial charge in [-0.25, -0.2) is 23.2 Å². The van der Waals surface area contributed by atoms with Gasteiger partial charge in [0.2, 0.25) is 11.6 Å². The van der Waals surface area contributed by atoms with Crippen LogP contribution in [0.2, 0.25) is 0 Å². The SMILES string of the molecule is CCN(C(=O)O)S(=O)(=O)NCCNc1nonc1-c1noc(=O)n1-c1ccc(F)c(Br)c1. The number of carboxylic acid groups (broad SMARTS) is 1. The molecule has 0 saturated heterocycles. The van der Waals surface area contributed by atoms with Crippen LogP contribution in [0.1, 0.15) is 6.92 Å². The van der Waals surface area contributed by atoms with Gasteiger partial charge in [0.05, 0.1) is 10.2 Å². The molecule has 0 radical (unpaired) electrons. The molecule has 32 heavy (non-hydrogen) atoms. The zero-order valence-electron chi connectivity index (χ0n) is 16.2. The van der Waals surface area contributed by atoms with Crippen molar-refractivity contribution in [2.24, 2.45) is 0 Å². The van der Waals surface area contributed by atoms with Crippen LogP contribution >= 0.6 is 15.9 Å². The van der Waals surface area contributed by atoms with Crippen molar-refractivity contribution in [3.8, 4) is 17.2 Å². The van der Waals surface area contributed by atoms with Crippen molar-refractivity contribution in [3.63, 3.8) is 0 Å². The van der Waals surface area contributed by atoms with E-state index in [1.807, 2.05) is 0 Å². The molecular formula is C15H15BrFN7O7S. The van der Waals surface area contributed by atoms with E-state index in [0.29, 0.717) is 0 Å². The van der Waals surface area contributed by atoms with Gasteiger partial charge in [0.25, 0.3) is 0 Å². The summed E-state index contributed by atoms with van der Waals surface area (Å²) >= 11 is 3.03. The maximum Gasteiger partial charge on any atom is 0.446 e. The van der Waals surface area contributed by atoms with Crippen LogP contribution in [0.5, 0.6) is 0 Å². The van der Waals surface area contributed by atoms with E-state index in [9.17, 15) is 22.4 Å². The number of halogens is 2. The van der Waals surface area contributed by atoms with E-state index in [0.717, 1.165) is 10.6 Å². The van der Waals surface area contributed by atoms with Crippen molar-refractivity contribution in [1.29, 1.82) is 0 Å². The average Bonchev–Trinajstić information content (AvgIpc) is 3.33. The number of nitrogens with one attached hydrogen (secondary N) is 2. The molecule has 0 unspecified atom stereocenters. The Morgan fingerprint density at radius 3 is 2.72 bits per heavy atom. The maximum atomic E-state index is 13.5. The highest BCUT2D eigenvalue weighted by Crippen LogP contribution is 2.26. The van der Waals surface area contributed by atoms with Crippen molar-refractivity contribution >= 4 is 38.1 Å². The number of carbonyl (C=O) groups is 1. The van der Waals surface area contributed by atoms with E-state index < -0.39 is 27.9 Å². The number of aromatic nitrogens is 4. The largest absolute Gasteiger partial charge is 0.464 e. The van der Waals surface area contributed by atoms with Crippen LogP contribution in [-0.2, 0) is 10.2 Å². The molecule has 0 fully saturated rings. The lowest BCUT2D eigenvalue weighted by Crippen LogP contribution is -2.44. The van der Waals surface area contributed by atoms with Crippen molar-refractivity contribution in [3.05, 3.63) is 39.0 Å². The first kappa shape index (κ1) is 23.4. The Hall–Kier alpha value is -3.31. The lowest BCUT2D eigenvalue weighted by atomic mass is 10.3. The Labute approximate surface area is 187 Å². The van der Waals surface area contributed by atoms with E-state index in [4.69, 9.17) is 5.11 Å². The minimum atomic E-state index is -4.25. The predicted molar refractivity (Wildman–Crippen MR) is 109 cm³/mol. The topological polar surface area (TPSA) is 186 Å². The zero-order valence-corrected chi connectivity index (χ0v) is 18.6. The van der Waals surface area contributed by atoms with Crippen LogP contribution < -0.4 is 15.8 Å². The van der Waals surface area contributed by atoms with Gasteiger partial charge in [-0.3, -0.25) is 4.52 Å². The third kappa shape index (κ3) is 4.78. The highest BCUT2D eigenvalue weighted by molar-refractivity contribution is 9.10. The van der Waals surface area contributed by atoms with Crippen LogP contribution in [0.15, 0.2) is 36.6 Å². The Kier molecular flexibility index (Phi) is 6.90. The molecule has 0 bridgehead atoms. The van der Waals surface area contributed by atoms with Gasteiger partial charge in [-0.15, -0.1) is 0 Å². The van der Waals surface area contributed by atoms with Crippen molar-refractivity contribution in [2.45, 2.75) is 6.92 Å². The molecule has 17 heteroatoms. The smallest absolute Gasteiger partial charge is 0.446 e. The first-order chi connectivity index (χ1) is 15.2. The molecule has 14 nitrogen and oxygen atoms in total. The number of anilines is 1. The summed E-state index contributed by atoms with van der Waals surface area (Å²) in [6.07, 6.45) is -1.62. The second-order valence-corrected chi connectivity index (χ2v) is 8.47. The van der Waals surface area contributed by atoms with Gasteiger partial charge in [-0.2, -0.15) is 17.4 Å². The second kappa shape index (κ2) is 9.45. The van der Waals surface area contributed by atoms with Crippen LogP contribution in [-0.4, -0.2) is 63.6 Å². The number of nitrogens with zero attached hydrogens (tertiary/aromatic N) is 5. The third-order valence-corrected chi connectivity index (χ3v) is 6.13. The number of hydrogen-bond acceptors (Lipinski definition) is 10. The maximum absolute atomic E-state index is 13.5. The number of rotatable bonds is 9. The van der Waals surface area contributed by atoms with Crippen LogP contribution in [0, 0.1) is 5.82 Å². The monoisotopic (exact) mass is 535 g/mol. The van der Waals surface area contributed by atoms with Crippen LogP contribution in [0.4, 0.5) is 15.0 Å². The Morgan fingerprint density at radius 1 is 1.31 bits per heavy atom. The van der Waals surface area contributed by atoms with Crippen molar-refractivity contribution in [1.82, 2.24) is 29.1 Å². The summed E-state index contributed by atoms with van der Waals surface area (Å²) < 4.78 is 50.3. The molecule has 2 heterocycles. The summed E-state index contributed by atoms with van der Waals surface area (Å²) in [5, 5.41) is 22.6. The predicted octanol–water partition coefficient (Wildman–Crippen LogP) is 1.02. The molecule has 1 amide bonds. The summed E-state index contributed by atoms with van der Waals surface area (Å²) in [6.45, 7) is 0.839. The van der Waals surface area contributed by atoms with Gasteiger partial charge >= 0.3 is 22.1 Å². The first-order valence-corrected chi connectivity index (χ1v) is 11.0. The molecule has 3 aromatic rings. The van der Waals surface area contributed by atoms with Crippen molar-refractivity contribution < 1.29 is 31.9 Å². The average molecular weight is 536 g/mol. The quantitative estimate of drug-likeness (QED) is 0.332. The van der Waals surface area contributed by atoms with Crippen LogP contribution in [0.25, 0.3) is 17.2 Å². The Bertz CT molecular complexity index is 1290. The highest BCUT2D eigenvalue weighted by Gasteiger charge is 2.25. The Balaban J connectivity index is 1.77. The van der Waals surface area contributed by atoms with E-state index >= 15 is 0 Å². The molecule has 3 rings (SSSR count). The van der Waals surface area contributed by atoms with Gasteiger partial charge in [0, 0.05) is 19.6 Å². The third-order valence-electron chi connectivity index (χ3n) is 3.96. The van der Waals surface area contributed by atoms with Gasteiger partial charge in [0.1, 0.15) is 5.82 Å². The van der Waals surface area contributed by atoms with E-state index in [2.05, 4.69) is 50.6 Å². The van der Waals surface area contributed by atoms with Gasteiger partial charge in [0.15, 0.2) is 5.69 Å². The molecule has 2 aromatic heterocycles. The fraction of sp³-hybridized carbons (Fsp3) is 0.267. The molecule has 1 aromatic carbocycles. The van der Waals surface area contributed by atoms with Gasteiger partial charge < -0.3 is 10.4 Å². The summed E-state index contributed by atoms with van der Waals surface area (Å²) in [5.41, 5.74) is 0.175.